The number of benzene rings is 3. The number of ether oxygens (including phenoxy) is 3. The first kappa shape index (κ1) is 25.1. The highest BCUT2D eigenvalue weighted by Gasteiger charge is 2.15. The van der Waals surface area contributed by atoms with Crippen LogP contribution in [-0.2, 0) is 0 Å². The fraction of sp³-hybridized carbons (Fsp3) is 0.233. The molecule has 5 aromatic rings. The summed E-state index contributed by atoms with van der Waals surface area (Å²) in [6.45, 7) is 3.77. The van der Waals surface area contributed by atoms with Crippen LogP contribution in [0.15, 0.2) is 72.9 Å². The van der Waals surface area contributed by atoms with E-state index in [0.717, 1.165) is 40.8 Å². The fourth-order valence-corrected chi connectivity index (χ4v) is 5.58. The van der Waals surface area contributed by atoms with Gasteiger partial charge in [-0.3, -0.25) is 20.0 Å². The number of hydrogen-bond acceptors (Lipinski definition) is 8. The third-order valence-corrected chi connectivity index (χ3v) is 7.63. The highest BCUT2D eigenvalue weighted by molar-refractivity contribution is 7.22. The van der Waals surface area contributed by atoms with Crippen LogP contribution in [0.4, 0.5) is 5.13 Å². The zero-order chi connectivity index (χ0) is 26.6. The molecule has 0 unspecified atom stereocenters. The van der Waals surface area contributed by atoms with Crippen LogP contribution >= 0.6 is 11.3 Å². The number of amides is 1. The lowest BCUT2D eigenvalue weighted by atomic mass is 10.2. The molecule has 1 aliphatic heterocycles. The van der Waals surface area contributed by atoms with Crippen molar-refractivity contribution >= 4 is 43.5 Å². The van der Waals surface area contributed by atoms with Crippen LogP contribution in [0.3, 0.4) is 0 Å². The first-order valence-electron chi connectivity index (χ1n) is 12.9. The molecule has 0 radical (unpaired) electrons. The molecule has 0 aliphatic carbocycles. The molecule has 0 atom stereocenters. The number of pyridine rings is 1. The Labute approximate surface area is 230 Å². The highest BCUT2D eigenvalue weighted by atomic mass is 32.1. The number of hydrogen-bond donors (Lipinski definition) is 1. The molecule has 0 bridgehead atoms. The van der Waals surface area contributed by atoms with Gasteiger partial charge in [-0.25, -0.2) is 4.98 Å². The number of nitrogens with one attached hydrogen (secondary N) is 1. The molecule has 2 aromatic heterocycles. The summed E-state index contributed by atoms with van der Waals surface area (Å²) in [4.78, 5) is 24.0. The molecule has 3 heterocycles. The van der Waals surface area contributed by atoms with Crippen LogP contribution in [0.5, 0.6) is 23.0 Å². The van der Waals surface area contributed by atoms with E-state index in [2.05, 4.69) is 20.2 Å². The zero-order valence-electron chi connectivity index (χ0n) is 21.6. The maximum Gasteiger partial charge on any atom is 0.257 e. The Morgan fingerprint density at radius 2 is 1.82 bits per heavy atom. The van der Waals surface area contributed by atoms with Crippen LogP contribution in [0.25, 0.3) is 21.1 Å². The van der Waals surface area contributed by atoms with Crippen molar-refractivity contribution in [3.8, 4) is 23.0 Å². The number of fused-ring (bicyclic) bond motifs is 2. The second-order valence-electron chi connectivity index (χ2n) is 9.30. The smallest absolute Gasteiger partial charge is 0.257 e. The van der Waals surface area contributed by atoms with Crippen LogP contribution in [-0.4, -0.2) is 54.1 Å². The molecule has 1 fully saturated rings. The second kappa shape index (κ2) is 11.3. The van der Waals surface area contributed by atoms with Gasteiger partial charge in [-0.2, -0.15) is 0 Å². The molecule has 6 rings (SSSR count). The summed E-state index contributed by atoms with van der Waals surface area (Å²) in [5.41, 5.74) is 2.13. The summed E-state index contributed by atoms with van der Waals surface area (Å²) < 4.78 is 18.9. The molecule has 0 spiro atoms. The SMILES string of the molecule is COc1cc2c(Oc3ccc4nc(NC(=O)c5ccccc5)sc4c3)ccnc2cc1OCCN1CCCC1. The maximum atomic E-state index is 12.5. The van der Waals surface area contributed by atoms with Gasteiger partial charge in [-0.1, -0.05) is 29.5 Å². The Morgan fingerprint density at radius 1 is 0.974 bits per heavy atom. The summed E-state index contributed by atoms with van der Waals surface area (Å²) in [5.74, 6) is 2.43. The molecule has 1 N–H and O–H groups in total. The lowest BCUT2D eigenvalue weighted by Crippen LogP contribution is -2.25. The molecule has 1 saturated heterocycles. The van der Waals surface area contributed by atoms with Gasteiger partial charge in [-0.15, -0.1) is 0 Å². The van der Waals surface area contributed by atoms with Gasteiger partial charge in [0.1, 0.15) is 18.1 Å². The third kappa shape index (κ3) is 5.64. The first-order chi connectivity index (χ1) is 19.2. The summed E-state index contributed by atoms with van der Waals surface area (Å²) in [6, 6.07) is 20.4. The second-order valence-corrected chi connectivity index (χ2v) is 10.3. The lowest BCUT2D eigenvalue weighted by Gasteiger charge is -2.17. The van der Waals surface area contributed by atoms with E-state index in [4.69, 9.17) is 14.2 Å². The van der Waals surface area contributed by atoms with E-state index in [1.165, 1.54) is 24.2 Å². The van der Waals surface area contributed by atoms with Gasteiger partial charge in [0.25, 0.3) is 5.91 Å². The van der Waals surface area contributed by atoms with E-state index in [9.17, 15) is 4.79 Å². The van der Waals surface area contributed by atoms with Gasteiger partial charge < -0.3 is 14.2 Å². The molecule has 39 heavy (non-hydrogen) atoms. The highest BCUT2D eigenvalue weighted by Crippen LogP contribution is 2.38. The molecular weight excluding hydrogens is 512 g/mol. The number of carbonyl (C=O) groups excluding carboxylic acids is 1. The van der Waals surface area contributed by atoms with Gasteiger partial charge in [0.15, 0.2) is 16.6 Å². The number of aromatic nitrogens is 2. The Balaban J connectivity index is 1.20. The Morgan fingerprint density at radius 3 is 2.64 bits per heavy atom. The number of thiazole rings is 1. The molecule has 9 heteroatoms. The van der Waals surface area contributed by atoms with Crippen LogP contribution in [0.2, 0.25) is 0 Å². The minimum atomic E-state index is -0.192. The summed E-state index contributed by atoms with van der Waals surface area (Å²) in [6.07, 6.45) is 4.24. The normalized spacial score (nSPS) is 13.6. The first-order valence-corrected chi connectivity index (χ1v) is 13.7. The van der Waals surface area contributed by atoms with Gasteiger partial charge in [0, 0.05) is 35.8 Å². The number of carbonyl (C=O) groups is 1. The van der Waals surface area contributed by atoms with Crippen molar-refractivity contribution in [2.24, 2.45) is 0 Å². The third-order valence-electron chi connectivity index (χ3n) is 6.69. The Bertz CT molecular complexity index is 1620. The van der Waals surface area contributed by atoms with Crippen molar-refractivity contribution in [1.29, 1.82) is 0 Å². The Kier molecular flexibility index (Phi) is 7.25. The van der Waals surface area contributed by atoms with Gasteiger partial charge in [0.05, 0.1) is 22.8 Å². The van der Waals surface area contributed by atoms with E-state index in [-0.39, 0.29) is 5.91 Å². The zero-order valence-corrected chi connectivity index (χ0v) is 22.4. The summed E-state index contributed by atoms with van der Waals surface area (Å²) in [7, 11) is 1.64. The fourth-order valence-electron chi connectivity index (χ4n) is 4.69. The van der Waals surface area contributed by atoms with E-state index < -0.39 is 0 Å². The Hall–Kier alpha value is -4.21. The molecule has 8 nitrogen and oxygen atoms in total. The van der Waals surface area contributed by atoms with E-state index in [1.54, 1.807) is 25.4 Å². The topological polar surface area (TPSA) is 85.8 Å². The molecule has 1 amide bonds. The van der Waals surface area contributed by atoms with Crippen LogP contribution in [0.1, 0.15) is 23.2 Å². The predicted molar refractivity (Wildman–Crippen MR) is 154 cm³/mol. The molecule has 3 aromatic carbocycles. The van der Waals surface area contributed by atoms with Crippen molar-refractivity contribution in [2.45, 2.75) is 12.8 Å². The van der Waals surface area contributed by atoms with Crippen molar-refractivity contribution < 1.29 is 19.0 Å². The maximum absolute atomic E-state index is 12.5. The average molecular weight is 541 g/mol. The number of likely N-dealkylation sites (tertiary alicyclic amines) is 1. The van der Waals surface area contributed by atoms with Crippen LogP contribution < -0.4 is 19.5 Å². The quantitative estimate of drug-likeness (QED) is 0.232. The van der Waals surface area contributed by atoms with Gasteiger partial charge >= 0.3 is 0 Å². The average Bonchev–Trinajstić information content (AvgIpc) is 3.62. The lowest BCUT2D eigenvalue weighted by molar-refractivity contribution is 0.102. The van der Waals surface area contributed by atoms with Crippen molar-refractivity contribution in [3.05, 3.63) is 78.5 Å². The minimum absolute atomic E-state index is 0.192. The molecular formula is C30H28N4O4S. The largest absolute Gasteiger partial charge is 0.493 e. The van der Waals surface area contributed by atoms with E-state index in [1.807, 2.05) is 54.6 Å². The number of anilines is 1. The minimum Gasteiger partial charge on any atom is -0.493 e. The monoisotopic (exact) mass is 540 g/mol. The molecule has 198 valence electrons. The molecule has 1 aliphatic rings. The summed E-state index contributed by atoms with van der Waals surface area (Å²) in [5, 5.41) is 4.24. The predicted octanol–water partition coefficient (Wildman–Crippen LogP) is 6.37. The van der Waals surface area contributed by atoms with E-state index >= 15 is 0 Å². The van der Waals surface area contributed by atoms with E-state index in [0.29, 0.717) is 40.3 Å². The van der Waals surface area contributed by atoms with Gasteiger partial charge in [0.2, 0.25) is 0 Å². The van der Waals surface area contributed by atoms with Gasteiger partial charge in [-0.05, 0) is 62.3 Å². The summed E-state index contributed by atoms with van der Waals surface area (Å²) >= 11 is 1.40. The number of rotatable bonds is 9. The standard InChI is InChI=1S/C30H28N4O4S/c1-36-26-18-22-24(19-27(26)37-16-15-34-13-5-6-14-34)31-12-11-25(22)38-21-9-10-23-28(17-21)39-30(32-23)33-29(35)20-7-3-2-4-8-20/h2-4,7-12,17-19H,5-6,13-16H2,1H3,(H,32,33,35). The van der Waals surface area contributed by atoms with Crippen molar-refractivity contribution in [1.82, 2.24) is 14.9 Å². The van der Waals surface area contributed by atoms with Crippen molar-refractivity contribution in [2.75, 3.05) is 38.7 Å². The number of nitrogens with zero attached hydrogens (tertiary/aromatic N) is 3. The van der Waals surface area contributed by atoms with Crippen LogP contribution in [0, 0.1) is 0 Å². The number of methoxy groups -OCH3 is 1. The van der Waals surface area contributed by atoms with Crippen molar-refractivity contribution in [3.63, 3.8) is 0 Å². The molecule has 0 saturated carbocycles.